The Hall–Kier alpha value is -1.64. The highest BCUT2D eigenvalue weighted by molar-refractivity contribution is 6.00. The van der Waals surface area contributed by atoms with E-state index in [1.807, 2.05) is 12.1 Å². The zero-order valence-electron chi connectivity index (χ0n) is 12.2. The third-order valence-corrected chi connectivity index (χ3v) is 4.23. The minimum absolute atomic E-state index is 0.210. The molecular formula is C16H22NO2+. The SMILES string of the molecule is CCCC[N+]1=C(C)C(C)(C)c2c(C(=O)O)cccc21. The first-order chi connectivity index (χ1) is 8.91. The number of nitrogens with zero attached hydrogens (tertiary/aromatic N) is 1. The fourth-order valence-corrected chi connectivity index (χ4v) is 2.90. The first-order valence-corrected chi connectivity index (χ1v) is 6.89. The molecular weight excluding hydrogens is 238 g/mol. The Bertz CT molecular complexity index is 556. The van der Waals surface area contributed by atoms with E-state index in [0.717, 1.165) is 30.6 Å². The molecule has 0 spiro atoms. The van der Waals surface area contributed by atoms with E-state index >= 15 is 0 Å². The number of carbonyl (C=O) groups is 1. The van der Waals surface area contributed by atoms with Crippen molar-refractivity contribution in [2.45, 2.75) is 46.0 Å². The Labute approximate surface area is 114 Å². The third kappa shape index (κ3) is 2.07. The van der Waals surface area contributed by atoms with Crippen molar-refractivity contribution in [2.75, 3.05) is 6.54 Å². The summed E-state index contributed by atoms with van der Waals surface area (Å²) in [6.07, 6.45) is 2.25. The predicted octanol–water partition coefficient (Wildman–Crippen LogP) is 3.58. The van der Waals surface area contributed by atoms with Gasteiger partial charge in [-0.05, 0) is 19.9 Å². The van der Waals surface area contributed by atoms with Gasteiger partial charge < -0.3 is 5.11 Å². The molecule has 102 valence electrons. The van der Waals surface area contributed by atoms with Crippen LogP contribution in [-0.4, -0.2) is 27.9 Å². The largest absolute Gasteiger partial charge is 0.478 e. The molecule has 0 atom stereocenters. The van der Waals surface area contributed by atoms with E-state index in [9.17, 15) is 9.90 Å². The maximum absolute atomic E-state index is 11.4. The maximum Gasteiger partial charge on any atom is 0.336 e. The van der Waals surface area contributed by atoms with Crippen LogP contribution in [0.15, 0.2) is 18.2 Å². The Morgan fingerprint density at radius 2 is 2.05 bits per heavy atom. The molecule has 0 amide bonds. The number of hydrogen-bond acceptors (Lipinski definition) is 1. The molecule has 19 heavy (non-hydrogen) atoms. The Kier molecular flexibility index (Phi) is 3.48. The second-order valence-electron chi connectivity index (χ2n) is 5.72. The second kappa shape index (κ2) is 4.80. The summed E-state index contributed by atoms with van der Waals surface area (Å²) in [6, 6.07) is 5.59. The highest BCUT2D eigenvalue weighted by atomic mass is 16.4. The first-order valence-electron chi connectivity index (χ1n) is 6.89. The normalized spacial score (nSPS) is 16.6. The summed E-state index contributed by atoms with van der Waals surface area (Å²) in [5.41, 5.74) is 3.48. The van der Waals surface area contributed by atoms with E-state index in [1.165, 1.54) is 5.71 Å². The molecule has 1 aliphatic heterocycles. The molecule has 0 saturated carbocycles. The average Bonchev–Trinajstić information content (AvgIpc) is 2.56. The maximum atomic E-state index is 11.4. The van der Waals surface area contributed by atoms with Crippen molar-refractivity contribution in [2.24, 2.45) is 0 Å². The van der Waals surface area contributed by atoms with Crippen molar-refractivity contribution in [1.29, 1.82) is 0 Å². The molecule has 1 N–H and O–H groups in total. The Morgan fingerprint density at radius 1 is 1.37 bits per heavy atom. The van der Waals surface area contributed by atoms with E-state index in [2.05, 4.69) is 32.3 Å². The lowest BCUT2D eigenvalue weighted by molar-refractivity contribution is -0.439. The molecule has 0 bridgehead atoms. The molecule has 0 aliphatic carbocycles. The van der Waals surface area contributed by atoms with E-state index in [1.54, 1.807) is 6.07 Å². The minimum atomic E-state index is -0.838. The van der Waals surface area contributed by atoms with Crippen molar-refractivity contribution < 1.29 is 14.5 Å². The van der Waals surface area contributed by atoms with Gasteiger partial charge in [0, 0.05) is 19.4 Å². The highest BCUT2D eigenvalue weighted by Gasteiger charge is 2.45. The van der Waals surface area contributed by atoms with E-state index in [-0.39, 0.29) is 5.41 Å². The van der Waals surface area contributed by atoms with Gasteiger partial charge in [-0.15, -0.1) is 0 Å². The summed E-state index contributed by atoms with van der Waals surface area (Å²) in [6.45, 7) is 9.47. The number of benzene rings is 1. The highest BCUT2D eigenvalue weighted by Crippen LogP contribution is 2.41. The molecule has 0 saturated heterocycles. The molecule has 0 unspecified atom stereocenters. The monoisotopic (exact) mass is 260 g/mol. The van der Waals surface area contributed by atoms with Crippen LogP contribution >= 0.6 is 0 Å². The Morgan fingerprint density at radius 3 is 2.63 bits per heavy atom. The Balaban J connectivity index is 2.61. The lowest BCUT2D eigenvalue weighted by Crippen LogP contribution is -2.28. The van der Waals surface area contributed by atoms with Crippen LogP contribution < -0.4 is 0 Å². The molecule has 2 rings (SSSR count). The lowest BCUT2D eigenvalue weighted by atomic mass is 9.79. The minimum Gasteiger partial charge on any atom is -0.478 e. The number of carboxylic acid groups (broad SMARTS) is 1. The fourth-order valence-electron chi connectivity index (χ4n) is 2.90. The standard InChI is InChI=1S/C16H21NO2/c1-5-6-10-17-11(2)16(3,4)14-12(15(18)19)8-7-9-13(14)17/h7-9H,5-6,10H2,1-4H3/p+1. The summed E-state index contributed by atoms with van der Waals surface area (Å²) >= 11 is 0. The first kappa shape index (κ1) is 13.8. The fraction of sp³-hybridized carbons (Fsp3) is 0.500. The van der Waals surface area contributed by atoms with E-state index < -0.39 is 5.97 Å². The van der Waals surface area contributed by atoms with Gasteiger partial charge in [0.2, 0.25) is 5.69 Å². The van der Waals surface area contributed by atoms with Crippen LogP contribution in [0.1, 0.15) is 56.5 Å². The summed E-state index contributed by atoms with van der Waals surface area (Å²) < 4.78 is 2.28. The van der Waals surface area contributed by atoms with Gasteiger partial charge in [0.1, 0.15) is 6.54 Å². The van der Waals surface area contributed by atoms with Crippen LogP contribution in [0.4, 0.5) is 5.69 Å². The average molecular weight is 260 g/mol. The van der Waals surface area contributed by atoms with Gasteiger partial charge in [0.05, 0.1) is 16.5 Å². The van der Waals surface area contributed by atoms with Crippen LogP contribution in [0, 0.1) is 0 Å². The summed E-state index contributed by atoms with van der Waals surface area (Å²) in [5.74, 6) is -0.838. The smallest absolute Gasteiger partial charge is 0.336 e. The van der Waals surface area contributed by atoms with Gasteiger partial charge in [-0.2, -0.15) is 4.58 Å². The molecule has 1 heterocycles. The second-order valence-corrected chi connectivity index (χ2v) is 5.72. The number of aromatic carboxylic acids is 1. The summed E-state index contributed by atoms with van der Waals surface area (Å²) in [5, 5.41) is 9.40. The molecule has 3 nitrogen and oxygen atoms in total. The molecule has 0 fully saturated rings. The lowest BCUT2D eigenvalue weighted by Gasteiger charge is -2.16. The molecule has 3 heteroatoms. The van der Waals surface area contributed by atoms with Crippen molar-refractivity contribution in [3.05, 3.63) is 29.3 Å². The quantitative estimate of drug-likeness (QED) is 0.840. The van der Waals surface area contributed by atoms with E-state index in [0.29, 0.717) is 5.56 Å². The van der Waals surface area contributed by atoms with Crippen LogP contribution in [0.25, 0.3) is 0 Å². The van der Waals surface area contributed by atoms with Crippen LogP contribution in [-0.2, 0) is 5.41 Å². The van der Waals surface area contributed by atoms with Crippen molar-refractivity contribution in [3.63, 3.8) is 0 Å². The number of fused-ring (bicyclic) bond motifs is 1. The zero-order chi connectivity index (χ0) is 14.2. The molecule has 1 aromatic rings. The van der Waals surface area contributed by atoms with Gasteiger partial charge in [0.25, 0.3) is 0 Å². The summed E-state index contributed by atoms with van der Waals surface area (Å²) in [7, 11) is 0. The van der Waals surface area contributed by atoms with Gasteiger partial charge in [-0.1, -0.05) is 19.4 Å². The van der Waals surface area contributed by atoms with Gasteiger partial charge in [-0.25, -0.2) is 4.79 Å². The van der Waals surface area contributed by atoms with Gasteiger partial charge >= 0.3 is 5.97 Å². The molecule has 1 aromatic carbocycles. The summed E-state index contributed by atoms with van der Waals surface area (Å²) in [4.78, 5) is 11.4. The third-order valence-electron chi connectivity index (χ3n) is 4.23. The molecule has 0 aromatic heterocycles. The van der Waals surface area contributed by atoms with Gasteiger partial charge in [0.15, 0.2) is 5.71 Å². The van der Waals surface area contributed by atoms with Crippen LogP contribution in [0.3, 0.4) is 0 Å². The number of hydrogen-bond donors (Lipinski definition) is 1. The number of unbranched alkanes of at least 4 members (excludes halogenated alkanes) is 1. The topological polar surface area (TPSA) is 40.3 Å². The van der Waals surface area contributed by atoms with Crippen LogP contribution in [0.5, 0.6) is 0 Å². The molecule has 1 aliphatic rings. The molecule has 0 radical (unpaired) electrons. The van der Waals surface area contributed by atoms with Crippen molar-refractivity contribution >= 4 is 17.4 Å². The van der Waals surface area contributed by atoms with Crippen LogP contribution in [0.2, 0.25) is 0 Å². The van der Waals surface area contributed by atoms with E-state index in [4.69, 9.17) is 0 Å². The predicted molar refractivity (Wildman–Crippen MR) is 76.8 cm³/mol. The number of carboxylic acids is 1. The van der Waals surface area contributed by atoms with Gasteiger partial charge in [-0.3, -0.25) is 0 Å². The zero-order valence-corrected chi connectivity index (χ0v) is 12.2. The van der Waals surface area contributed by atoms with Crippen molar-refractivity contribution in [1.82, 2.24) is 0 Å². The van der Waals surface area contributed by atoms with Crippen molar-refractivity contribution in [3.8, 4) is 0 Å². The number of rotatable bonds is 4.